The van der Waals surface area contributed by atoms with Crippen LogP contribution in [0.4, 0.5) is 5.82 Å². The average molecular weight is 457 g/mol. The highest BCUT2D eigenvalue weighted by Gasteiger charge is 2.28. The summed E-state index contributed by atoms with van der Waals surface area (Å²) in [5.41, 5.74) is 1.43. The van der Waals surface area contributed by atoms with Gasteiger partial charge in [-0.25, -0.2) is 13.4 Å². The Hall–Kier alpha value is -2.45. The summed E-state index contributed by atoms with van der Waals surface area (Å²) in [6.07, 6.45) is 7.12. The molecule has 0 saturated carbocycles. The van der Waals surface area contributed by atoms with E-state index in [0.29, 0.717) is 31.1 Å². The van der Waals surface area contributed by atoms with Gasteiger partial charge in [0.15, 0.2) is 0 Å². The summed E-state index contributed by atoms with van der Waals surface area (Å²) in [5.74, 6) is 1.27. The molecule has 1 N–H and O–H groups in total. The molecule has 8 heteroatoms. The zero-order chi connectivity index (χ0) is 22.6. The lowest BCUT2D eigenvalue weighted by Gasteiger charge is -2.29. The van der Waals surface area contributed by atoms with Crippen LogP contribution in [0.5, 0.6) is 0 Å². The number of hydrogen-bond acceptors (Lipinski definition) is 5. The van der Waals surface area contributed by atoms with E-state index in [0.717, 1.165) is 50.2 Å². The number of carbonyl (C=O) groups is 1. The number of anilines is 1. The predicted molar refractivity (Wildman–Crippen MR) is 125 cm³/mol. The Morgan fingerprint density at radius 2 is 1.72 bits per heavy atom. The molecule has 0 atom stereocenters. The fourth-order valence-electron chi connectivity index (χ4n) is 4.39. The number of pyridine rings is 1. The van der Waals surface area contributed by atoms with E-state index in [-0.39, 0.29) is 10.8 Å². The molecule has 0 radical (unpaired) electrons. The molecule has 32 heavy (non-hydrogen) atoms. The molecule has 2 saturated heterocycles. The Balaban J connectivity index is 1.40. The van der Waals surface area contributed by atoms with Crippen LogP contribution in [0.25, 0.3) is 0 Å². The van der Waals surface area contributed by atoms with Crippen LogP contribution < -0.4 is 10.2 Å². The Bertz CT molecular complexity index is 1030. The van der Waals surface area contributed by atoms with Crippen LogP contribution in [-0.4, -0.2) is 49.8 Å². The van der Waals surface area contributed by atoms with Crippen LogP contribution >= 0.6 is 0 Å². The monoisotopic (exact) mass is 456 g/mol. The lowest BCUT2D eigenvalue weighted by Crippen LogP contribution is -2.37. The number of sulfonamides is 1. The van der Waals surface area contributed by atoms with Crippen LogP contribution in [0.15, 0.2) is 47.5 Å². The molecule has 2 aromatic rings. The third kappa shape index (κ3) is 5.13. The second-order valence-corrected chi connectivity index (χ2v) is 10.8. The van der Waals surface area contributed by atoms with Crippen molar-refractivity contribution in [1.29, 1.82) is 0 Å². The molecule has 1 aromatic heterocycles. The summed E-state index contributed by atoms with van der Waals surface area (Å²) in [5, 5.41) is 2.96. The second kappa shape index (κ2) is 10.0. The van der Waals surface area contributed by atoms with Gasteiger partial charge in [0.2, 0.25) is 10.0 Å². The van der Waals surface area contributed by atoms with Crippen molar-refractivity contribution < 1.29 is 13.2 Å². The minimum Gasteiger partial charge on any atom is -0.356 e. The third-order valence-electron chi connectivity index (χ3n) is 6.46. The van der Waals surface area contributed by atoms with Gasteiger partial charge < -0.3 is 10.2 Å². The smallest absolute Gasteiger partial charge is 0.251 e. The number of nitrogens with one attached hydrogen (secondary N) is 1. The number of piperidine rings is 2. The summed E-state index contributed by atoms with van der Waals surface area (Å²) in [6, 6.07) is 10.1. The van der Waals surface area contributed by atoms with Crippen LogP contribution in [0.2, 0.25) is 0 Å². The topological polar surface area (TPSA) is 82.6 Å². The van der Waals surface area contributed by atoms with Gasteiger partial charge in [0, 0.05) is 50.0 Å². The molecule has 4 rings (SSSR count). The van der Waals surface area contributed by atoms with Crippen molar-refractivity contribution in [3.63, 3.8) is 0 Å². The number of benzene rings is 1. The maximum Gasteiger partial charge on any atom is 0.251 e. The quantitative estimate of drug-likeness (QED) is 0.720. The van der Waals surface area contributed by atoms with E-state index in [1.165, 1.54) is 18.6 Å². The highest BCUT2D eigenvalue weighted by Crippen LogP contribution is 2.24. The van der Waals surface area contributed by atoms with Gasteiger partial charge in [-0.1, -0.05) is 13.0 Å². The van der Waals surface area contributed by atoms with Crippen molar-refractivity contribution in [2.75, 3.05) is 31.1 Å². The molecule has 2 fully saturated rings. The maximum atomic E-state index is 12.9. The maximum absolute atomic E-state index is 12.9. The fourth-order valence-corrected chi connectivity index (χ4v) is 5.86. The van der Waals surface area contributed by atoms with E-state index < -0.39 is 10.0 Å². The van der Waals surface area contributed by atoms with Gasteiger partial charge in [0.1, 0.15) is 5.82 Å². The van der Waals surface area contributed by atoms with Gasteiger partial charge in [0.25, 0.3) is 5.91 Å². The lowest BCUT2D eigenvalue weighted by molar-refractivity contribution is 0.0951. The molecule has 1 amide bonds. The van der Waals surface area contributed by atoms with Gasteiger partial charge in [0.05, 0.1) is 4.90 Å². The molecular weight excluding hydrogens is 424 g/mol. The summed E-state index contributed by atoms with van der Waals surface area (Å²) in [4.78, 5) is 19.8. The van der Waals surface area contributed by atoms with Gasteiger partial charge >= 0.3 is 0 Å². The van der Waals surface area contributed by atoms with Crippen LogP contribution in [0, 0.1) is 5.92 Å². The van der Waals surface area contributed by atoms with Gasteiger partial charge in [-0.2, -0.15) is 4.31 Å². The molecule has 2 aliphatic rings. The van der Waals surface area contributed by atoms with Gasteiger partial charge in [-0.15, -0.1) is 0 Å². The Morgan fingerprint density at radius 3 is 2.41 bits per heavy atom. The van der Waals surface area contributed by atoms with Crippen molar-refractivity contribution in [2.45, 2.75) is 50.5 Å². The third-order valence-corrected chi connectivity index (χ3v) is 8.37. The molecule has 2 aliphatic heterocycles. The molecule has 0 aliphatic carbocycles. The molecule has 1 aromatic carbocycles. The number of nitrogens with zero attached hydrogens (tertiary/aromatic N) is 3. The number of aromatic nitrogens is 1. The molecule has 3 heterocycles. The number of carbonyl (C=O) groups excluding carboxylic acids is 1. The van der Waals surface area contributed by atoms with Gasteiger partial charge in [-0.05, 0) is 68.4 Å². The minimum absolute atomic E-state index is 0.228. The van der Waals surface area contributed by atoms with E-state index in [4.69, 9.17) is 0 Å². The molecule has 0 spiro atoms. The van der Waals surface area contributed by atoms with Crippen molar-refractivity contribution in [2.24, 2.45) is 5.92 Å². The summed E-state index contributed by atoms with van der Waals surface area (Å²) in [6.45, 7) is 5.61. The van der Waals surface area contributed by atoms with Crippen molar-refractivity contribution >= 4 is 21.7 Å². The zero-order valence-corrected chi connectivity index (χ0v) is 19.5. The summed E-state index contributed by atoms with van der Waals surface area (Å²) in [7, 11) is -3.51. The van der Waals surface area contributed by atoms with E-state index in [9.17, 15) is 13.2 Å². The number of amides is 1. The number of hydrogen-bond donors (Lipinski definition) is 1. The lowest BCUT2D eigenvalue weighted by atomic mass is 10.0. The van der Waals surface area contributed by atoms with Crippen LogP contribution in [0.3, 0.4) is 0 Å². The largest absolute Gasteiger partial charge is 0.356 e. The van der Waals surface area contributed by atoms with Crippen molar-refractivity contribution in [3.05, 3.63) is 53.7 Å². The predicted octanol–water partition coefficient (Wildman–Crippen LogP) is 3.42. The zero-order valence-electron chi connectivity index (χ0n) is 18.7. The minimum atomic E-state index is -3.51. The molecule has 0 unspecified atom stereocenters. The average Bonchev–Trinajstić information content (AvgIpc) is 2.83. The molecule has 172 valence electrons. The first kappa shape index (κ1) is 22.7. The van der Waals surface area contributed by atoms with E-state index in [1.54, 1.807) is 22.6 Å². The first-order valence-corrected chi connectivity index (χ1v) is 13.0. The molecule has 0 bridgehead atoms. The first-order chi connectivity index (χ1) is 15.4. The van der Waals surface area contributed by atoms with Crippen LogP contribution in [-0.2, 0) is 16.6 Å². The molecule has 7 nitrogen and oxygen atoms in total. The fraction of sp³-hybridized carbons (Fsp3) is 0.500. The van der Waals surface area contributed by atoms with Crippen LogP contribution in [0.1, 0.15) is 54.9 Å². The normalized spacial score (nSPS) is 18.5. The Morgan fingerprint density at radius 1 is 1.03 bits per heavy atom. The van der Waals surface area contributed by atoms with E-state index in [1.807, 2.05) is 12.1 Å². The summed E-state index contributed by atoms with van der Waals surface area (Å²) >= 11 is 0. The van der Waals surface area contributed by atoms with Crippen molar-refractivity contribution in [3.8, 4) is 0 Å². The highest BCUT2D eigenvalue weighted by atomic mass is 32.2. The standard InChI is InChI=1S/C24H32N4O3S/c1-19-11-16-28(17-12-19)32(30,31)22-9-7-20(8-10-22)24(29)26-18-21-6-5-13-25-23(21)27-14-3-2-4-15-27/h5-10,13,19H,2-4,11-12,14-18H2,1H3,(H,26,29). The van der Waals surface area contributed by atoms with E-state index >= 15 is 0 Å². The number of rotatable bonds is 6. The Labute approximate surface area is 190 Å². The molecular formula is C24H32N4O3S. The van der Waals surface area contributed by atoms with E-state index in [2.05, 4.69) is 22.1 Å². The second-order valence-electron chi connectivity index (χ2n) is 8.83. The highest BCUT2D eigenvalue weighted by molar-refractivity contribution is 7.89. The summed E-state index contributed by atoms with van der Waals surface area (Å²) < 4.78 is 27.3. The van der Waals surface area contributed by atoms with Crippen molar-refractivity contribution in [1.82, 2.24) is 14.6 Å². The first-order valence-electron chi connectivity index (χ1n) is 11.5. The Kier molecular flexibility index (Phi) is 7.10. The SMILES string of the molecule is CC1CCN(S(=O)(=O)c2ccc(C(=O)NCc3cccnc3N3CCCCC3)cc2)CC1. The van der Waals surface area contributed by atoms with Gasteiger partial charge in [-0.3, -0.25) is 4.79 Å².